The van der Waals surface area contributed by atoms with Crippen LogP contribution in [0.5, 0.6) is 0 Å². The average molecular weight is 324 g/mol. The van der Waals surface area contributed by atoms with Crippen molar-refractivity contribution in [3.63, 3.8) is 0 Å². The summed E-state index contributed by atoms with van der Waals surface area (Å²) in [4.78, 5) is 13.6. The van der Waals surface area contributed by atoms with Gasteiger partial charge in [0.15, 0.2) is 0 Å². The van der Waals surface area contributed by atoms with Crippen molar-refractivity contribution >= 4 is 5.82 Å². The van der Waals surface area contributed by atoms with Gasteiger partial charge in [0.05, 0.1) is 6.10 Å². The van der Waals surface area contributed by atoms with Gasteiger partial charge in [-0.15, -0.1) is 0 Å². The number of fused-ring (bicyclic) bond motifs is 3. The van der Waals surface area contributed by atoms with Crippen molar-refractivity contribution in [2.75, 3.05) is 24.5 Å². The first-order valence-electron chi connectivity index (χ1n) is 8.79. The Labute approximate surface area is 143 Å². The molecule has 0 aliphatic carbocycles. The highest BCUT2D eigenvalue weighted by Crippen LogP contribution is 2.31. The van der Waals surface area contributed by atoms with Crippen LogP contribution >= 0.6 is 0 Å². The third-order valence-corrected chi connectivity index (χ3v) is 5.06. The minimum atomic E-state index is -0.236. The number of hydrogen-bond donors (Lipinski definition) is 1. The van der Waals surface area contributed by atoms with Crippen LogP contribution in [-0.4, -0.2) is 51.8 Å². The van der Waals surface area contributed by atoms with Crippen LogP contribution in [0, 0.1) is 0 Å². The van der Waals surface area contributed by atoms with E-state index in [9.17, 15) is 5.11 Å². The molecule has 1 N–H and O–H groups in total. The van der Waals surface area contributed by atoms with E-state index < -0.39 is 0 Å². The van der Waals surface area contributed by atoms with Crippen molar-refractivity contribution in [1.29, 1.82) is 0 Å². The molecule has 5 heteroatoms. The van der Waals surface area contributed by atoms with Gasteiger partial charge in [0.2, 0.25) is 0 Å². The number of nitrogens with zero attached hydrogens (tertiary/aromatic N) is 4. The molecule has 2 aromatic heterocycles. The molecule has 0 unspecified atom stereocenters. The molecule has 2 aliphatic rings. The summed E-state index contributed by atoms with van der Waals surface area (Å²) in [6.45, 7) is 3.71. The number of rotatable bonds is 4. The Bertz CT molecular complexity index is 678. The third kappa shape index (κ3) is 3.28. The van der Waals surface area contributed by atoms with E-state index in [1.165, 1.54) is 11.1 Å². The maximum atomic E-state index is 10.1. The largest absolute Gasteiger partial charge is 0.391 e. The van der Waals surface area contributed by atoms with Gasteiger partial charge in [-0.05, 0) is 43.5 Å². The van der Waals surface area contributed by atoms with Gasteiger partial charge < -0.3 is 10.0 Å². The zero-order valence-corrected chi connectivity index (χ0v) is 13.9. The molecule has 0 aromatic carbocycles. The normalized spacial score (nSPS) is 23.6. The molecule has 0 bridgehead atoms. The standard InChI is InChI=1S/C19H24N4O/c24-18-10-17-13-22(9-3-5-15-4-1-7-20-11-15)12-16-6-2-8-21-19(16)23(17)14-18/h1-2,4,6-8,11,17-18,24H,3,5,9-10,12-14H2/t17-,18+/m0/s1. The number of anilines is 1. The SMILES string of the molecule is O[C@@H]1C[C@H]2CN(CCCc3cccnc3)Cc3cccnc3N2C1. The third-order valence-electron chi connectivity index (χ3n) is 5.06. The zero-order valence-electron chi connectivity index (χ0n) is 13.9. The number of aromatic nitrogens is 2. The van der Waals surface area contributed by atoms with E-state index in [1.807, 2.05) is 30.7 Å². The van der Waals surface area contributed by atoms with Gasteiger partial charge in [-0.1, -0.05) is 12.1 Å². The number of aryl methyl sites for hydroxylation is 1. The molecule has 1 saturated heterocycles. The summed E-state index contributed by atoms with van der Waals surface area (Å²) in [5.41, 5.74) is 2.57. The highest BCUT2D eigenvalue weighted by molar-refractivity contribution is 5.50. The predicted octanol–water partition coefficient (Wildman–Crippen LogP) is 1.86. The maximum absolute atomic E-state index is 10.1. The molecule has 2 atom stereocenters. The number of aliphatic hydroxyl groups is 1. The fraction of sp³-hybridized carbons (Fsp3) is 0.474. The van der Waals surface area contributed by atoms with Crippen LogP contribution in [0.25, 0.3) is 0 Å². The van der Waals surface area contributed by atoms with Crippen LogP contribution < -0.4 is 4.90 Å². The van der Waals surface area contributed by atoms with Gasteiger partial charge >= 0.3 is 0 Å². The lowest BCUT2D eigenvalue weighted by molar-refractivity contribution is 0.185. The average Bonchev–Trinajstić information content (AvgIpc) is 2.89. The second-order valence-corrected chi connectivity index (χ2v) is 6.88. The fourth-order valence-corrected chi connectivity index (χ4v) is 3.96. The summed E-state index contributed by atoms with van der Waals surface area (Å²) in [5.74, 6) is 1.06. The summed E-state index contributed by atoms with van der Waals surface area (Å²) >= 11 is 0. The van der Waals surface area contributed by atoms with Gasteiger partial charge in [0.25, 0.3) is 0 Å². The Morgan fingerprint density at radius 1 is 1.17 bits per heavy atom. The van der Waals surface area contributed by atoms with Crippen LogP contribution in [0.2, 0.25) is 0 Å². The molecule has 0 radical (unpaired) electrons. The molecular formula is C19H24N4O. The lowest BCUT2D eigenvalue weighted by atomic mass is 10.1. The van der Waals surface area contributed by atoms with Crippen molar-refractivity contribution in [1.82, 2.24) is 14.9 Å². The Morgan fingerprint density at radius 3 is 2.96 bits per heavy atom. The molecule has 2 aliphatic heterocycles. The van der Waals surface area contributed by atoms with E-state index in [-0.39, 0.29) is 6.10 Å². The van der Waals surface area contributed by atoms with Crippen molar-refractivity contribution in [3.8, 4) is 0 Å². The molecular weight excluding hydrogens is 300 g/mol. The van der Waals surface area contributed by atoms with E-state index in [1.54, 1.807) is 0 Å². The van der Waals surface area contributed by atoms with Crippen molar-refractivity contribution in [3.05, 3.63) is 54.0 Å². The van der Waals surface area contributed by atoms with Crippen LogP contribution in [0.15, 0.2) is 42.9 Å². The second-order valence-electron chi connectivity index (χ2n) is 6.88. The van der Waals surface area contributed by atoms with Gasteiger partial charge in [0, 0.05) is 49.8 Å². The topological polar surface area (TPSA) is 52.5 Å². The van der Waals surface area contributed by atoms with Gasteiger partial charge in [-0.25, -0.2) is 4.98 Å². The molecule has 0 saturated carbocycles. The Balaban J connectivity index is 1.45. The lowest BCUT2D eigenvalue weighted by Crippen LogP contribution is -2.38. The minimum Gasteiger partial charge on any atom is -0.391 e. The van der Waals surface area contributed by atoms with Gasteiger partial charge in [-0.3, -0.25) is 9.88 Å². The fourth-order valence-electron chi connectivity index (χ4n) is 3.96. The van der Waals surface area contributed by atoms with Gasteiger partial charge in [-0.2, -0.15) is 0 Å². The molecule has 0 spiro atoms. The molecule has 4 heterocycles. The predicted molar refractivity (Wildman–Crippen MR) is 93.8 cm³/mol. The van der Waals surface area contributed by atoms with Crippen LogP contribution in [0.3, 0.4) is 0 Å². The molecule has 5 nitrogen and oxygen atoms in total. The number of pyridine rings is 2. The second kappa shape index (κ2) is 6.87. The Hall–Kier alpha value is -1.98. The van der Waals surface area contributed by atoms with Gasteiger partial charge in [0.1, 0.15) is 5.82 Å². The summed E-state index contributed by atoms with van der Waals surface area (Å²) < 4.78 is 0. The van der Waals surface area contributed by atoms with E-state index >= 15 is 0 Å². The molecule has 2 aromatic rings. The van der Waals surface area contributed by atoms with E-state index in [2.05, 4.69) is 31.9 Å². The lowest BCUT2D eigenvalue weighted by Gasteiger charge is -2.26. The van der Waals surface area contributed by atoms with E-state index in [0.717, 1.165) is 44.7 Å². The summed E-state index contributed by atoms with van der Waals surface area (Å²) in [6.07, 6.45) is 8.42. The maximum Gasteiger partial charge on any atom is 0.133 e. The molecule has 24 heavy (non-hydrogen) atoms. The summed E-state index contributed by atoms with van der Waals surface area (Å²) in [7, 11) is 0. The molecule has 0 amide bonds. The first-order valence-corrected chi connectivity index (χ1v) is 8.79. The van der Waals surface area contributed by atoms with Crippen molar-refractivity contribution < 1.29 is 5.11 Å². The minimum absolute atomic E-state index is 0.236. The summed E-state index contributed by atoms with van der Waals surface area (Å²) in [6, 6.07) is 8.70. The Morgan fingerprint density at radius 2 is 2.08 bits per heavy atom. The smallest absolute Gasteiger partial charge is 0.133 e. The monoisotopic (exact) mass is 324 g/mol. The quantitative estimate of drug-likeness (QED) is 0.930. The van der Waals surface area contributed by atoms with E-state index in [0.29, 0.717) is 12.6 Å². The van der Waals surface area contributed by atoms with Crippen molar-refractivity contribution in [2.24, 2.45) is 0 Å². The molecule has 1 fully saturated rings. The Kier molecular flexibility index (Phi) is 4.45. The highest BCUT2D eigenvalue weighted by atomic mass is 16.3. The zero-order chi connectivity index (χ0) is 16.4. The number of hydrogen-bond acceptors (Lipinski definition) is 5. The molecule has 126 valence electrons. The van der Waals surface area contributed by atoms with Crippen molar-refractivity contribution in [2.45, 2.75) is 38.0 Å². The number of aliphatic hydroxyl groups excluding tert-OH is 1. The highest BCUT2D eigenvalue weighted by Gasteiger charge is 2.36. The summed E-state index contributed by atoms with van der Waals surface area (Å²) in [5, 5.41) is 10.1. The van der Waals surface area contributed by atoms with Crippen LogP contribution in [0.1, 0.15) is 24.0 Å². The van der Waals surface area contributed by atoms with Crippen LogP contribution in [-0.2, 0) is 13.0 Å². The first kappa shape index (κ1) is 15.5. The van der Waals surface area contributed by atoms with Crippen LogP contribution in [0.4, 0.5) is 5.82 Å². The van der Waals surface area contributed by atoms with E-state index in [4.69, 9.17) is 0 Å². The first-order chi connectivity index (χ1) is 11.8. The molecule has 4 rings (SSSR count).